The Morgan fingerprint density at radius 2 is 1.78 bits per heavy atom. The lowest BCUT2D eigenvalue weighted by Crippen LogP contribution is -2.47. The third-order valence-electron chi connectivity index (χ3n) is 4.90. The molecule has 0 bridgehead atoms. The number of para-hydroxylation sites is 1. The molecule has 6 heteroatoms. The van der Waals surface area contributed by atoms with Crippen molar-refractivity contribution in [3.05, 3.63) is 65.7 Å². The number of hydrogen-bond donors (Lipinski definition) is 3. The highest BCUT2D eigenvalue weighted by atomic mass is 16.2. The average molecular weight is 366 g/mol. The molecule has 0 saturated carbocycles. The zero-order chi connectivity index (χ0) is 19.1. The van der Waals surface area contributed by atoms with Crippen molar-refractivity contribution in [3.8, 4) is 0 Å². The molecule has 142 valence electrons. The van der Waals surface area contributed by atoms with Crippen molar-refractivity contribution in [2.75, 3.05) is 18.4 Å². The van der Waals surface area contributed by atoms with Crippen molar-refractivity contribution in [1.82, 2.24) is 10.2 Å². The van der Waals surface area contributed by atoms with Crippen molar-refractivity contribution >= 4 is 17.6 Å². The van der Waals surface area contributed by atoms with Crippen molar-refractivity contribution in [2.45, 2.75) is 31.8 Å². The summed E-state index contributed by atoms with van der Waals surface area (Å²) in [6.45, 7) is 2.41. The number of anilines is 1. The molecule has 1 atom stereocenters. The summed E-state index contributed by atoms with van der Waals surface area (Å²) < 4.78 is 0. The van der Waals surface area contributed by atoms with Crippen LogP contribution in [-0.2, 0) is 6.54 Å². The van der Waals surface area contributed by atoms with Crippen LogP contribution in [0, 0.1) is 0 Å². The van der Waals surface area contributed by atoms with Crippen molar-refractivity contribution in [1.29, 1.82) is 0 Å². The van der Waals surface area contributed by atoms with Crippen LogP contribution < -0.4 is 16.4 Å². The lowest BCUT2D eigenvalue weighted by Gasteiger charge is -2.35. The maximum atomic E-state index is 12.1. The van der Waals surface area contributed by atoms with E-state index in [1.165, 1.54) is 6.42 Å². The van der Waals surface area contributed by atoms with E-state index < -0.39 is 5.91 Å². The molecular formula is C21H26N4O2. The zero-order valence-corrected chi connectivity index (χ0v) is 15.4. The maximum Gasteiger partial charge on any atom is 0.319 e. The number of piperidine rings is 1. The minimum Gasteiger partial charge on any atom is -0.366 e. The molecule has 1 fully saturated rings. The Hall–Kier alpha value is -2.86. The van der Waals surface area contributed by atoms with Gasteiger partial charge in [-0.3, -0.25) is 9.69 Å². The van der Waals surface area contributed by atoms with Gasteiger partial charge in [0.25, 0.3) is 0 Å². The molecule has 1 unspecified atom stereocenters. The third-order valence-corrected chi connectivity index (χ3v) is 4.90. The summed E-state index contributed by atoms with van der Waals surface area (Å²) in [5, 5.41) is 5.84. The van der Waals surface area contributed by atoms with Crippen LogP contribution in [0.1, 0.15) is 35.2 Å². The highest BCUT2D eigenvalue weighted by Crippen LogP contribution is 2.19. The number of nitrogens with two attached hydrogens (primary N) is 1. The van der Waals surface area contributed by atoms with Crippen molar-refractivity contribution < 1.29 is 9.59 Å². The molecule has 1 aliphatic rings. The molecule has 3 rings (SSSR count). The second-order valence-corrected chi connectivity index (χ2v) is 6.88. The number of benzene rings is 2. The maximum absolute atomic E-state index is 12.1. The molecule has 0 aromatic heterocycles. The molecule has 0 radical (unpaired) electrons. The molecule has 3 amide bonds. The van der Waals surface area contributed by atoms with Crippen LogP contribution in [0.25, 0.3) is 0 Å². The fourth-order valence-corrected chi connectivity index (χ4v) is 3.42. The number of amides is 3. The first kappa shape index (κ1) is 18.9. The lowest BCUT2D eigenvalue weighted by molar-refractivity contribution is 0.1000. The van der Waals surface area contributed by atoms with Crippen LogP contribution in [0.3, 0.4) is 0 Å². The van der Waals surface area contributed by atoms with Gasteiger partial charge in [-0.05, 0) is 49.2 Å². The summed E-state index contributed by atoms with van der Waals surface area (Å²) in [6.07, 6.45) is 3.39. The summed E-state index contributed by atoms with van der Waals surface area (Å²) in [5.41, 5.74) is 7.74. The van der Waals surface area contributed by atoms with Gasteiger partial charge in [-0.15, -0.1) is 0 Å². The Bertz CT molecular complexity index is 762. The van der Waals surface area contributed by atoms with E-state index in [-0.39, 0.29) is 6.03 Å². The van der Waals surface area contributed by atoms with E-state index in [1.807, 2.05) is 42.5 Å². The van der Waals surface area contributed by atoms with Gasteiger partial charge in [-0.2, -0.15) is 0 Å². The molecule has 2 aromatic rings. The van der Waals surface area contributed by atoms with Crippen LogP contribution in [0.5, 0.6) is 0 Å². The first-order valence-corrected chi connectivity index (χ1v) is 9.34. The predicted octanol–water partition coefficient (Wildman–Crippen LogP) is 2.96. The number of carbonyl (C=O) groups excluding carboxylic acids is 2. The van der Waals surface area contributed by atoms with Gasteiger partial charge >= 0.3 is 6.03 Å². The molecule has 2 aromatic carbocycles. The number of hydrogen-bond acceptors (Lipinski definition) is 3. The van der Waals surface area contributed by atoms with E-state index in [9.17, 15) is 9.59 Å². The average Bonchev–Trinajstić information content (AvgIpc) is 2.68. The van der Waals surface area contributed by atoms with E-state index in [0.717, 1.165) is 37.2 Å². The summed E-state index contributed by atoms with van der Waals surface area (Å²) >= 11 is 0. The first-order valence-electron chi connectivity index (χ1n) is 9.34. The fraction of sp³-hybridized carbons (Fsp3) is 0.333. The van der Waals surface area contributed by atoms with Gasteiger partial charge in [0.05, 0.1) is 0 Å². The number of nitrogens with one attached hydrogen (secondary N) is 2. The molecule has 6 nitrogen and oxygen atoms in total. The van der Waals surface area contributed by atoms with E-state index in [0.29, 0.717) is 18.2 Å². The molecule has 1 aliphatic heterocycles. The van der Waals surface area contributed by atoms with E-state index in [1.54, 1.807) is 12.1 Å². The Kier molecular flexibility index (Phi) is 6.44. The minimum atomic E-state index is -0.411. The Labute approximate surface area is 159 Å². The molecule has 4 N–H and O–H groups in total. The molecule has 1 heterocycles. The molecule has 0 aliphatic carbocycles. The normalized spacial score (nSPS) is 17.3. The SMILES string of the molecule is NC(=O)c1ccc(CN2CCCCC2CNC(=O)Nc2ccccc2)cc1. The molecule has 0 spiro atoms. The Morgan fingerprint density at radius 3 is 2.48 bits per heavy atom. The van der Waals surface area contributed by atoms with E-state index in [4.69, 9.17) is 5.73 Å². The third kappa shape index (κ3) is 5.56. The largest absolute Gasteiger partial charge is 0.366 e. The lowest BCUT2D eigenvalue weighted by atomic mass is 10.0. The molecular weight excluding hydrogens is 340 g/mol. The quantitative estimate of drug-likeness (QED) is 0.734. The number of nitrogens with zero attached hydrogens (tertiary/aromatic N) is 1. The van der Waals surface area contributed by atoms with Crippen molar-refractivity contribution in [2.24, 2.45) is 5.73 Å². The standard InChI is InChI=1S/C21H26N4O2/c22-20(26)17-11-9-16(10-12-17)15-25-13-5-4-8-19(25)14-23-21(27)24-18-6-2-1-3-7-18/h1-3,6-7,9-12,19H,4-5,8,13-15H2,(H2,22,26)(H2,23,24,27). The Morgan fingerprint density at radius 1 is 1.04 bits per heavy atom. The van der Waals surface area contributed by atoms with Crippen LogP contribution in [-0.4, -0.2) is 36.0 Å². The number of likely N-dealkylation sites (tertiary alicyclic amines) is 1. The van der Waals surface area contributed by atoms with Crippen molar-refractivity contribution in [3.63, 3.8) is 0 Å². The van der Waals surface area contributed by atoms with Gasteiger partial charge in [0.2, 0.25) is 5.91 Å². The molecule has 1 saturated heterocycles. The second-order valence-electron chi connectivity index (χ2n) is 6.88. The molecule has 27 heavy (non-hydrogen) atoms. The highest BCUT2D eigenvalue weighted by molar-refractivity contribution is 5.92. The van der Waals surface area contributed by atoms with Crippen LogP contribution in [0.2, 0.25) is 0 Å². The van der Waals surface area contributed by atoms with Gasteiger partial charge in [-0.25, -0.2) is 4.79 Å². The van der Waals surface area contributed by atoms with E-state index in [2.05, 4.69) is 15.5 Å². The topological polar surface area (TPSA) is 87.5 Å². The summed E-state index contributed by atoms with van der Waals surface area (Å²) in [4.78, 5) is 25.7. The number of urea groups is 1. The zero-order valence-electron chi connectivity index (χ0n) is 15.4. The van der Waals surface area contributed by atoms with Crippen LogP contribution >= 0.6 is 0 Å². The van der Waals surface area contributed by atoms with Crippen LogP contribution in [0.4, 0.5) is 10.5 Å². The summed E-state index contributed by atoms with van der Waals surface area (Å²) in [5.74, 6) is -0.411. The number of rotatable bonds is 6. The second kappa shape index (κ2) is 9.19. The van der Waals surface area contributed by atoms with Gasteiger partial charge in [0.15, 0.2) is 0 Å². The van der Waals surface area contributed by atoms with Gasteiger partial charge in [0, 0.05) is 30.4 Å². The summed E-state index contributed by atoms with van der Waals surface area (Å²) in [7, 11) is 0. The van der Waals surface area contributed by atoms with Gasteiger partial charge in [-0.1, -0.05) is 36.8 Å². The predicted molar refractivity (Wildman–Crippen MR) is 106 cm³/mol. The monoisotopic (exact) mass is 366 g/mol. The summed E-state index contributed by atoms with van der Waals surface area (Å²) in [6, 6.07) is 17.0. The van der Waals surface area contributed by atoms with Gasteiger partial charge in [0.1, 0.15) is 0 Å². The fourth-order valence-electron chi connectivity index (χ4n) is 3.42. The number of carbonyl (C=O) groups is 2. The number of primary amides is 1. The van der Waals surface area contributed by atoms with E-state index >= 15 is 0 Å². The van der Waals surface area contributed by atoms with Crippen LogP contribution in [0.15, 0.2) is 54.6 Å². The minimum absolute atomic E-state index is 0.183. The Balaban J connectivity index is 1.53. The first-order chi connectivity index (χ1) is 13.1. The van der Waals surface area contributed by atoms with Gasteiger partial charge < -0.3 is 16.4 Å². The highest BCUT2D eigenvalue weighted by Gasteiger charge is 2.23. The smallest absolute Gasteiger partial charge is 0.319 e.